The quantitative estimate of drug-likeness (QED) is 0.775. The van der Waals surface area contributed by atoms with E-state index in [9.17, 15) is 5.11 Å². The van der Waals surface area contributed by atoms with Crippen LogP contribution in [0.25, 0.3) is 0 Å². The van der Waals surface area contributed by atoms with Crippen LogP contribution in [0.1, 0.15) is 20.3 Å². The second kappa shape index (κ2) is 7.71. The number of aliphatic hydroxyl groups is 1. The average molecular weight is 245 g/mol. The minimum absolute atomic E-state index is 0. The number of aliphatic hydroxyl groups excluding tert-OH is 1. The smallest absolute Gasteiger partial charge is 0.0639 e. The Balaban J connectivity index is 0. The number of rotatable bonds is 3. The lowest BCUT2D eigenvalue weighted by Crippen LogP contribution is -2.42. The predicted molar refractivity (Wildman–Crippen MR) is 64.7 cm³/mol. The Kier molecular flexibility index (Phi) is 9.30. The van der Waals surface area contributed by atoms with Gasteiger partial charge in [0, 0.05) is 18.6 Å². The van der Waals surface area contributed by atoms with E-state index in [4.69, 9.17) is 0 Å². The summed E-state index contributed by atoms with van der Waals surface area (Å²) in [6.45, 7) is 5.92. The van der Waals surface area contributed by atoms with E-state index in [1.165, 1.54) is 6.42 Å². The molecule has 3 nitrogen and oxygen atoms in total. The van der Waals surface area contributed by atoms with Gasteiger partial charge in [-0.2, -0.15) is 0 Å². The molecular formula is C9H22Cl2N2O. The van der Waals surface area contributed by atoms with Gasteiger partial charge in [0.1, 0.15) is 0 Å². The van der Waals surface area contributed by atoms with E-state index in [0.717, 1.165) is 13.1 Å². The minimum atomic E-state index is -0.220. The van der Waals surface area contributed by atoms with Crippen molar-refractivity contribution in [3.63, 3.8) is 0 Å². The zero-order valence-corrected chi connectivity index (χ0v) is 10.7. The standard InChI is InChI=1S/C9H20N2O.2ClH/c1-7(12)6-11(3)9-4-5-10-8(9)2;;/h7-10,12H,4-6H2,1-3H3;2*1H/t7-,8-,9-;;/m0../s1. The van der Waals surface area contributed by atoms with Crippen LogP contribution in [0.2, 0.25) is 0 Å². The normalized spacial score (nSPS) is 28.1. The van der Waals surface area contributed by atoms with Crippen LogP contribution in [0.15, 0.2) is 0 Å². The first-order valence-corrected chi connectivity index (χ1v) is 4.73. The summed E-state index contributed by atoms with van der Waals surface area (Å²) in [5.41, 5.74) is 0. The Bertz CT molecular complexity index is 147. The van der Waals surface area contributed by atoms with E-state index in [2.05, 4.69) is 24.2 Å². The fourth-order valence-corrected chi connectivity index (χ4v) is 2.00. The summed E-state index contributed by atoms with van der Waals surface area (Å²) >= 11 is 0. The Hall–Kier alpha value is 0.460. The molecule has 0 amide bonds. The Morgan fingerprint density at radius 3 is 2.43 bits per heavy atom. The maximum absolute atomic E-state index is 9.21. The van der Waals surface area contributed by atoms with E-state index in [-0.39, 0.29) is 30.9 Å². The van der Waals surface area contributed by atoms with E-state index in [1.54, 1.807) is 0 Å². The van der Waals surface area contributed by atoms with Crippen molar-refractivity contribution in [3.8, 4) is 0 Å². The topological polar surface area (TPSA) is 35.5 Å². The first-order chi connectivity index (χ1) is 5.61. The van der Waals surface area contributed by atoms with Crippen molar-refractivity contribution in [2.24, 2.45) is 0 Å². The van der Waals surface area contributed by atoms with Gasteiger partial charge in [-0.3, -0.25) is 4.90 Å². The molecular weight excluding hydrogens is 223 g/mol. The van der Waals surface area contributed by atoms with Gasteiger partial charge in [0.25, 0.3) is 0 Å². The van der Waals surface area contributed by atoms with Crippen molar-refractivity contribution in [3.05, 3.63) is 0 Å². The second-order valence-electron chi connectivity index (χ2n) is 3.89. The van der Waals surface area contributed by atoms with Gasteiger partial charge in [0.2, 0.25) is 0 Å². The molecule has 0 aromatic carbocycles. The third kappa shape index (κ3) is 4.80. The van der Waals surface area contributed by atoms with E-state index >= 15 is 0 Å². The molecule has 1 heterocycles. The first-order valence-electron chi connectivity index (χ1n) is 4.73. The van der Waals surface area contributed by atoms with Gasteiger partial charge in [-0.1, -0.05) is 0 Å². The summed E-state index contributed by atoms with van der Waals surface area (Å²) < 4.78 is 0. The maximum Gasteiger partial charge on any atom is 0.0639 e. The number of nitrogens with one attached hydrogen (secondary N) is 1. The van der Waals surface area contributed by atoms with Crippen LogP contribution in [0.5, 0.6) is 0 Å². The van der Waals surface area contributed by atoms with Crippen LogP contribution >= 0.6 is 24.8 Å². The highest BCUT2D eigenvalue weighted by atomic mass is 35.5. The van der Waals surface area contributed by atoms with Gasteiger partial charge in [0.05, 0.1) is 6.10 Å². The van der Waals surface area contributed by atoms with Gasteiger partial charge in [-0.05, 0) is 33.9 Å². The summed E-state index contributed by atoms with van der Waals surface area (Å²) in [4.78, 5) is 2.25. The van der Waals surface area contributed by atoms with E-state index < -0.39 is 0 Å². The molecule has 1 fully saturated rings. The first kappa shape index (κ1) is 16.9. The summed E-state index contributed by atoms with van der Waals surface area (Å²) in [5, 5.41) is 12.6. The summed E-state index contributed by atoms with van der Waals surface area (Å²) in [7, 11) is 2.08. The fraction of sp³-hybridized carbons (Fsp3) is 1.00. The Morgan fingerprint density at radius 2 is 2.07 bits per heavy atom. The molecule has 3 atom stereocenters. The second-order valence-corrected chi connectivity index (χ2v) is 3.89. The molecule has 88 valence electrons. The van der Waals surface area contributed by atoms with Crippen molar-refractivity contribution < 1.29 is 5.11 Å². The zero-order valence-electron chi connectivity index (χ0n) is 9.06. The molecule has 0 saturated carbocycles. The largest absolute Gasteiger partial charge is 0.392 e. The zero-order chi connectivity index (χ0) is 9.14. The molecule has 0 spiro atoms. The summed E-state index contributed by atoms with van der Waals surface area (Å²) in [5.74, 6) is 0. The lowest BCUT2D eigenvalue weighted by Gasteiger charge is -2.28. The van der Waals surface area contributed by atoms with Crippen molar-refractivity contribution in [1.82, 2.24) is 10.2 Å². The lowest BCUT2D eigenvalue weighted by molar-refractivity contribution is 0.114. The molecule has 0 unspecified atom stereocenters. The SMILES string of the molecule is C[C@H](O)CN(C)[C@H]1CCN[C@H]1C.Cl.Cl. The molecule has 5 heteroatoms. The van der Waals surface area contributed by atoms with Crippen LogP contribution in [0.4, 0.5) is 0 Å². The molecule has 1 aliphatic rings. The summed E-state index contributed by atoms with van der Waals surface area (Å²) in [6, 6.07) is 1.16. The third-order valence-corrected chi connectivity index (χ3v) is 2.60. The molecule has 1 aliphatic heterocycles. The highest BCUT2D eigenvalue weighted by Gasteiger charge is 2.26. The lowest BCUT2D eigenvalue weighted by atomic mass is 10.1. The predicted octanol–water partition coefficient (Wildman–Crippen LogP) is 0.893. The van der Waals surface area contributed by atoms with Crippen molar-refractivity contribution in [2.45, 2.75) is 38.5 Å². The number of hydrogen-bond acceptors (Lipinski definition) is 3. The van der Waals surface area contributed by atoms with Gasteiger partial charge < -0.3 is 10.4 Å². The third-order valence-electron chi connectivity index (χ3n) is 2.60. The Labute approximate surface area is 99.1 Å². The van der Waals surface area contributed by atoms with Crippen molar-refractivity contribution in [2.75, 3.05) is 20.1 Å². The van der Waals surface area contributed by atoms with Gasteiger partial charge in [0.15, 0.2) is 0 Å². The van der Waals surface area contributed by atoms with E-state index in [1.807, 2.05) is 6.92 Å². The van der Waals surface area contributed by atoms with Crippen molar-refractivity contribution >= 4 is 24.8 Å². The number of likely N-dealkylation sites (N-methyl/N-ethyl adjacent to an activating group) is 1. The van der Waals surface area contributed by atoms with Crippen LogP contribution in [0.3, 0.4) is 0 Å². The molecule has 0 aromatic heterocycles. The van der Waals surface area contributed by atoms with Crippen molar-refractivity contribution in [1.29, 1.82) is 0 Å². The molecule has 1 saturated heterocycles. The number of halogens is 2. The van der Waals surface area contributed by atoms with Crippen LogP contribution < -0.4 is 5.32 Å². The minimum Gasteiger partial charge on any atom is -0.392 e. The molecule has 0 bridgehead atoms. The molecule has 1 rings (SSSR count). The van der Waals surface area contributed by atoms with Gasteiger partial charge >= 0.3 is 0 Å². The highest BCUT2D eigenvalue weighted by Crippen LogP contribution is 2.12. The monoisotopic (exact) mass is 244 g/mol. The molecule has 0 aromatic rings. The molecule has 0 aliphatic carbocycles. The fourth-order valence-electron chi connectivity index (χ4n) is 2.00. The van der Waals surface area contributed by atoms with Crippen LogP contribution in [-0.4, -0.2) is 48.3 Å². The highest BCUT2D eigenvalue weighted by molar-refractivity contribution is 5.85. The van der Waals surface area contributed by atoms with Gasteiger partial charge in [-0.25, -0.2) is 0 Å². The molecule has 14 heavy (non-hydrogen) atoms. The average Bonchev–Trinajstić information content (AvgIpc) is 2.33. The van der Waals surface area contributed by atoms with Crippen LogP contribution in [0, 0.1) is 0 Å². The number of nitrogens with zero attached hydrogens (tertiary/aromatic N) is 1. The maximum atomic E-state index is 9.21. The summed E-state index contributed by atoms with van der Waals surface area (Å²) in [6.07, 6.45) is 0.979. The molecule has 2 N–H and O–H groups in total. The van der Waals surface area contributed by atoms with E-state index in [0.29, 0.717) is 12.1 Å². The van der Waals surface area contributed by atoms with Crippen LogP contribution in [-0.2, 0) is 0 Å². The Morgan fingerprint density at radius 1 is 1.50 bits per heavy atom. The van der Waals surface area contributed by atoms with Gasteiger partial charge in [-0.15, -0.1) is 24.8 Å². The molecule has 0 radical (unpaired) electrons. The number of hydrogen-bond donors (Lipinski definition) is 2.